The lowest BCUT2D eigenvalue weighted by atomic mass is 9.74. The van der Waals surface area contributed by atoms with Gasteiger partial charge in [-0.25, -0.2) is 9.97 Å². The monoisotopic (exact) mass is 385 g/mol. The van der Waals surface area contributed by atoms with Gasteiger partial charge >= 0.3 is 0 Å². The Kier molecular flexibility index (Phi) is 7.13. The summed E-state index contributed by atoms with van der Waals surface area (Å²) in [4.78, 5) is 11.4. The number of piperidine rings is 1. The van der Waals surface area contributed by atoms with Gasteiger partial charge < -0.3 is 14.9 Å². The van der Waals surface area contributed by atoms with E-state index in [2.05, 4.69) is 27.9 Å². The maximum absolute atomic E-state index is 10.5. The van der Waals surface area contributed by atoms with Crippen LogP contribution in [0.4, 0.5) is 0 Å². The molecule has 2 aromatic rings. The molecule has 6 nitrogen and oxygen atoms in total. The number of aryl methyl sites for hydroxylation is 1. The zero-order chi connectivity index (χ0) is 20.0. The fourth-order valence-corrected chi connectivity index (χ4v) is 4.08. The van der Waals surface area contributed by atoms with Gasteiger partial charge in [-0.15, -0.1) is 0 Å². The van der Waals surface area contributed by atoms with Crippen LogP contribution in [0.3, 0.4) is 0 Å². The number of aromatic nitrogens is 2. The Bertz CT molecular complexity index is 753. The molecule has 1 aliphatic rings. The molecule has 1 saturated heterocycles. The molecule has 3 rings (SSSR count). The summed E-state index contributed by atoms with van der Waals surface area (Å²) in [6.07, 6.45) is 5.52. The van der Waals surface area contributed by atoms with Gasteiger partial charge in [-0.3, -0.25) is 4.90 Å². The molecule has 1 fully saturated rings. The molecule has 2 N–H and O–H groups in total. The van der Waals surface area contributed by atoms with Crippen molar-refractivity contribution in [1.82, 2.24) is 14.9 Å². The third-order valence-electron chi connectivity index (χ3n) is 5.80. The normalized spacial score (nSPS) is 23.1. The van der Waals surface area contributed by atoms with E-state index >= 15 is 0 Å². The van der Waals surface area contributed by atoms with E-state index in [-0.39, 0.29) is 6.61 Å². The molecule has 0 bridgehead atoms. The van der Waals surface area contributed by atoms with Gasteiger partial charge in [-0.2, -0.15) is 0 Å². The molecule has 0 unspecified atom stereocenters. The lowest BCUT2D eigenvalue weighted by molar-refractivity contribution is -0.0843. The van der Waals surface area contributed by atoms with E-state index in [4.69, 9.17) is 4.74 Å². The van der Waals surface area contributed by atoms with Crippen LogP contribution >= 0.6 is 0 Å². The molecule has 152 valence electrons. The quantitative estimate of drug-likeness (QED) is 0.680. The smallest absolute Gasteiger partial charge is 0.159 e. The minimum atomic E-state index is -0.487. The lowest BCUT2D eigenvalue weighted by Crippen LogP contribution is -2.53. The number of aliphatic hydroxyl groups is 2. The number of ether oxygens (including phenoxy) is 1. The predicted octanol–water partition coefficient (Wildman–Crippen LogP) is 2.42. The average molecular weight is 386 g/mol. The van der Waals surface area contributed by atoms with Crippen LogP contribution in [0.25, 0.3) is 11.4 Å². The second kappa shape index (κ2) is 9.56. The maximum atomic E-state index is 10.5. The van der Waals surface area contributed by atoms with E-state index in [1.54, 1.807) is 7.11 Å². The lowest BCUT2D eigenvalue weighted by Gasteiger charge is -2.45. The summed E-state index contributed by atoms with van der Waals surface area (Å²) in [7, 11) is 1.68. The van der Waals surface area contributed by atoms with Crippen molar-refractivity contribution < 1.29 is 14.9 Å². The molecule has 2 atom stereocenters. The number of rotatable bonds is 8. The van der Waals surface area contributed by atoms with Crippen LogP contribution in [0.2, 0.25) is 0 Å². The number of nitrogens with zero attached hydrogens (tertiary/aromatic N) is 3. The molecule has 6 heteroatoms. The summed E-state index contributed by atoms with van der Waals surface area (Å²) in [6.45, 7) is 4.86. The number of hydrogen-bond acceptors (Lipinski definition) is 6. The van der Waals surface area contributed by atoms with Crippen molar-refractivity contribution >= 4 is 0 Å². The number of benzene rings is 1. The van der Waals surface area contributed by atoms with Crippen molar-refractivity contribution in [1.29, 1.82) is 0 Å². The zero-order valence-electron chi connectivity index (χ0n) is 16.8. The van der Waals surface area contributed by atoms with E-state index < -0.39 is 11.5 Å². The molecule has 0 aliphatic carbocycles. The van der Waals surface area contributed by atoms with Crippen LogP contribution in [-0.2, 0) is 11.3 Å². The highest BCUT2D eigenvalue weighted by atomic mass is 16.5. The largest absolute Gasteiger partial charge is 0.396 e. The van der Waals surface area contributed by atoms with E-state index in [1.807, 2.05) is 30.6 Å². The highest BCUT2D eigenvalue weighted by molar-refractivity contribution is 5.59. The first-order valence-electron chi connectivity index (χ1n) is 9.95. The van der Waals surface area contributed by atoms with Crippen molar-refractivity contribution in [2.24, 2.45) is 5.41 Å². The van der Waals surface area contributed by atoms with Gasteiger partial charge in [0.25, 0.3) is 0 Å². The van der Waals surface area contributed by atoms with Crippen LogP contribution in [0.15, 0.2) is 36.7 Å². The minimum Gasteiger partial charge on any atom is -0.396 e. The average Bonchev–Trinajstić information content (AvgIpc) is 2.71. The van der Waals surface area contributed by atoms with Gasteiger partial charge in [-0.1, -0.05) is 24.3 Å². The number of aliphatic hydroxyl groups excluding tert-OH is 2. The van der Waals surface area contributed by atoms with Crippen molar-refractivity contribution in [3.63, 3.8) is 0 Å². The zero-order valence-corrected chi connectivity index (χ0v) is 16.8. The summed E-state index contributed by atoms with van der Waals surface area (Å²) < 4.78 is 5.14. The fourth-order valence-electron chi connectivity index (χ4n) is 4.08. The summed E-state index contributed by atoms with van der Waals surface area (Å²) in [5.41, 5.74) is 2.76. The molecule has 1 aromatic heterocycles. The van der Waals surface area contributed by atoms with Crippen molar-refractivity contribution in [3.05, 3.63) is 47.8 Å². The standard InChI is InChI=1S/C22H31N3O3/c1-17-6-3-4-7-19(17)21-23-12-18(13-24-21)14-25-10-8-20(27)22(15-25,16-26)9-5-11-28-2/h3-4,6-7,12-13,20,26-27H,5,8-11,14-16H2,1-2H3/t20-,22+/m1/s1. The third-order valence-corrected chi connectivity index (χ3v) is 5.80. The second-order valence-corrected chi connectivity index (χ2v) is 7.86. The van der Waals surface area contributed by atoms with E-state index in [0.29, 0.717) is 26.1 Å². The van der Waals surface area contributed by atoms with Crippen LogP contribution in [0.1, 0.15) is 30.4 Å². The first-order valence-corrected chi connectivity index (χ1v) is 9.95. The van der Waals surface area contributed by atoms with Crippen molar-refractivity contribution in [3.8, 4) is 11.4 Å². The summed E-state index contributed by atoms with van der Waals surface area (Å²) in [5, 5.41) is 20.6. The van der Waals surface area contributed by atoms with Gasteiger partial charge in [0.15, 0.2) is 5.82 Å². The van der Waals surface area contributed by atoms with Crippen LogP contribution in [-0.4, -0.2) is 64.6 Å². The Morgan fingerprint density at radius 3 is 2.68 bits per heavy atom. The van der Waals surface area contributed by atoms with Gasteiger partial charge in [0.2, 0.25) is 0 Å². The SMILES string of the molecule is COCCC[C@@]1(CO)CN(Cc2cnc(-c3ccccc3C)nc2)CC[C@H]1O. The number of hydrogen-bond donors (Lipinski definition) is 2. The van der Waals surface area contributed by atoms with E-state index in [1.165, 1.54) is 0 Å². The topological polar surface area (TPSA) is 78.7 Å². The highest BCUT2D eigenvalue weighted by Crippen LogP contribution is 2.35. The second-order valence-electron chi connectivity index (χ2n) is 7.86. The first-order chi connectivity index (χ1) is 13.6. The Morgan fingerprint density at radius 1 is 1.25 bits per heavy atom. The minimum absolute atomic E-state index is 0.0168. The van der Waals surface area contributed by atoms with Gasteiger partial charge in [0.1, 0.15) is 0 Å². The molecule has 28 heavy (non-hydrogen) atoms. The van der Waals surface area contributed by atoms with Crippen LogP contribution < -0.4 is 0 Å². The first kappa shape index (κ1) is 20.9. The number of likely N-dealkylation sites (tertiary alicyclic amines) is 1. The molecule has 0 spiro atoms. The van der Waals surface area contributed by atoms with E-state index in [9.17, 15) is 10.2 Å². The molecule has 0 radical (unpaired) electrons. The van der Waals surface area contributed by atoms with Crippen molar-refractivity contribution in [2.75, 3.05) is 33.4 Å². The molecule has 0 saturated carbocycles. The molecule has 1 aliphatic heterocycles. The summed E-state index contributed by atoms with van der Waals surface area (Å²) in [6, 6.07) is 8.10. The van der Waals surface area contributed by atoms with Gasteiger partial charge in [0, 0.05) is 62.3 Å². The van der Waals surface area contributed by atoms with Crippen LogP contribution in [0, 0.1) is 12.3 Å². The maximum Gasteiger partial charge on any atom is 0.159 e. The fraction of sp³-hybridized carbons (Fsp3) is 0.545. The van der Waals surface area contributed by atoms with Gasteiger partial charge in [-0.05, 0) is 31.7 Å². The molecule has 2 heterocycles. The molecule has 1 aromatic carbocycles. The summed E-state index contributed by atoms with van der Waals surface area (Å²) in [5.74, 6) is 0.736. The number of methoxy groups -OCH3 is 1. The Hall–Kier alpha value is -1.86. The third kappa shape index (κ3) is 4.75. The highest BCUT2D eigenvalue weighted by Gasteiger charge is 2.41. The van der Waals surface area contributed by atoms with Crippen molar-refractivity contribution in [2.45, 2.75) is 38.8 Å². The Balaban J connectivity index is 1.67. The molecular weight excluding hydrogens is 354 g/mol. The van der Waals surface area contributed by atoms with Crippen LogP contribution in [0.5, 0.6) is 0 Å². The molecular formula is C22H31N3O3. The Morgan fingerprint density at radius 2 is 2.00 bits per heavy atom. The Labute approximate surface area is 167 Å². The van der Waals surface area contributed by atoms with E-state index in [0.717, 1.165) is 41.9 Å². The molecule has 0 amide bonds. The summed E-state index contributed by atoms with van der Waals surface area (Å²) >= 11 is 0. The predicted molar refractivity (Wildman–Crippen MR) is 109 cm³/mol. The van der Waals surface area contributed by atoms with Gasteiger partial charge in [0.05, 0.1) is 12.7 Å².